The number of nitrogens with two attached hydrogens (primary N) is 1. The van der Waals surface area contributed by atoms with Crippen molar-refractivity contribution in [2.24, 2.45) is 16.8 Å². The minimum absolute atomic E-state index is 0.0944. The second-order valence-electron chi connectivity index (χ2n) is 4.51. The first-order chi connectivity index (χ1) is 8.91. The number of oxime groups is 1. The molecule has 1 aromatic rings. The Hall–Kier alpha value is -1.47. The Balaban J connectivity index is 2.23. The van der Waals surface area contributed by atoms with Crippen molar-refractivity contribution in [3.8, 4) is 0 Å². The molecule has 0 amide bonds. The van der Waals surface area contributed by atoms with Gasteiger partial charge in [0, 0.05) is 5.56 Å². The van der Waals surface area contributed by atoms with Crippen LogP contribution in [0.2, 0.25) is 5.02 Å². The summed E-state index contributed by atoms with van der Waals surface area (Å²) in [6.07, 6.45) is 1.89. The van der Waals surface area contributed by atoms with E-state index in [1.54, 1.807) is 0 Å². The Kier molecular flexibility index (Phi) is 3.86. The molecular weight excluding hydrogens is 290 g/mol. The van der Waals surface area contributed by atoms with Gasteiger partial charge in [-0.1, -0.05) is 16.8 Å². The smallest absolute Gasteiger partial charge is 0.233 e. The predicted molar refractivity (Wildman–Crippen MR) is 74.1 cm³/mol. The monoisotopic (exact) mass is 303 g/mol. The van der Waals surface area contributed by atoms with E-state index in [1.165, 1.54) is 18.2 Å². The summed E-state index contributed by atoms with van der Waals surface area (Å²) in [6.45, 7) is 0. The van der Waals surface area contributed by atoms with Crippen LogP contribution in [0.15, 0.2) is 23.4 Å². The molecule has 4 N–H and O–H groups in total. The first-order valence-electron chi connectivity index (χ1n) is 5.69. The lowest BCUT2D eigenvalue weighted by Gasteiger charge is -2.10. The summed E-state index contributed by atoms with van der Waals surface area (Å²) in [6, 6.07) is 4.46. The number of anilines is 1. The Morgan fingerprint density at radius 2 is 2.21 bits per heavy atom. The first-order valence-corrected chi connectivity index (χ1v) is 7.72. The van der Waals surface area contributed by atoms with Crippen LogP contribution in [0.4, 0.5) is 5.69 Å². The maximum atomic E-state index is 11.9. The highest BCUT2D eigenvalue weighted by molar-refractivity contribution is 7.92. The second kappa shape index (κ2) is 5.26. The molecule has 0 unspecified atom stereocenters. The van der Waals surface area contributed by atoms with E-state index in [2.05, 4.69) is 9.88 Å². The Bertz CT molecular complexity index is 612. The number of benzene rings is 1. The third-order valence-corrected chi connectivity index (χ3v) is 4.56. The van der Waals surface area contributed by atoms with Gasteiger partial charge in [0.1, 0.15) is 0 Å². The van der Waals surface area contributed by atoms with Crippen LogP contribution in [0.1, 0.15) is 18.4 Å². The van der Waals surface area contributed by atoms with Gasteiger partial charge in [0.2, 0.25) is 10.0 Å². The predicted octanol–water partition coefficient (Wildman–Crippen LogP) is 1.59. The fourth-order valence-electron chi connectivity index (χ4n) is 1.62. The van der Waals surface area contributed by atoms with Crippen LogP contribution < -0.4 is 10.5 Å². The summed E-state index contributed by atoms with van der Waals surface area (Å²) in [7, 11) is -3.42. The number of sulfonamides is 1. The third-order valence-electron chi connectivity index (χ3n) is 2.79. The lowest BCUT2D eigenvalue weighted by molar-refractivity contribution is 0.318. The molecule has 0 radical (unpaired) electrons. The molecule has 1 aromatic carbocycles. The minimum atomic E-state index is -3.42. The van der Waals surface area contributed by atoms with Crippen molar-refractivity contribution >= 4 is 33.1 Å². The average Bonchev–Trinajstić information content (AvgIpc) is 3.13. The lowest BCUT2D eigenvalue weighted by atomic mass is 10.2. The van der Waals surface area contributed by atoms with Crippen molar-refractivity contribution in [3.05, 3.63) is 28.8 Å². The fourth-order valence-corrected chi connectivity index (χ4v) is 3.39. The standard InChI is InChI=1S/C11H14ClN3O3S/c12-9-4-3-8(11(13)14-16)5-10(9)15-19(17,18)6-7-1-2-7/h3-5,7,15-16H,1-2,6H2,(H2,13,14). The van der Waals surface area contributed by atoms with Gasteiger partial charge in [0.15, 0.2) is 5.84 Å². The molecule has 1 aliphatic carbocycles. The number of hydrogen-bond donors (Lipinski definition) is 3. The highest BCUT2D eigenvalue weighted by atomic mass is 35.5. The van der Waals surface area contributed by atoms with Crippen molar-refractivity contribution in [1.82, 2.24) is 0 Å². The molecule has 1 aliphatic rings. The highest BCUT2D eigenvalue weighted by Crippen LogP contribution is 2.31. The molecule has 0 spiro atoms. The molecule has 104 valence electrons. The van der Waals surface area contributed by atoms with Gasteiger partial charge in [-0.25, -0.2) is 8.42 Å². The molecular formula is C11H14ClN3O3S. The van der Waals surface area contributed by atoms with Gasteiger partial charge in [-0.2, -0.15) is 0 Å². The maximum absolute atomic E-state index is 11.9. The van der Waals surface area contributed by atoms with Crippen LogP contribution >= 0.6 is 11.6 Å². The van der Waals surface area contributed by atoms with Crippen LogP contribution in [-0.2, 0) is 10.0 Å². The van der Waals surface area contributed by atoms with E-state index in [0.717, 1.165) is 12.8 Å². The quantitative estimate of drug-likeness (QED) is 0.332. The van der Waals surface area contributed by atoms with Crippen LogP contribution in [-0.4, -0.2) is 25.2 Å². The summed E-state index contributed by atoms with van der Waals surface area (Å²) in [4.78, 5) is 0. The van der Waals surface area contributed by atoms with E-state index in [4.69, 9.17) is 22.5 Å². The van der Waals surface area contributed by atoms with Gasteiger partial charge in [-0.05, 0) is 37.0 Å². The van der Waals surface area contributed by atoms with Gasteiger partial charge in [0.25, 0.3) is 0 Å². The SMILES string of the molecule is NC(=NO)c1ccc(Cl)c(NS(=O)(=O)CC2CC2)c1. The van der Waals surface area contributed by atoms with Crippen LogP contribution in [0.25, 0.3) is 0 Å². The van der Waals surface area contributed by atoms with Crippen LogP contribution in [0.5, 0.6) is 0 Å². The third kappa shape index (κ3) is 3.74. The number of nitrogens with one attached hydrogen (secondary N) is 1. The molecule has 1 fully saturated rings. The van der Waals surface area contributed by atoms with Crippen molar-refractivity contribution in [1.29, 1.82) is 0 Å². The maximum Gasteiger partial charge on any atom is 0.233 e. The normalized spacial score (nSPS) is 16.4. The number of hydrogen-bond acceptors (Lipinski definition) is 4. The number of rotatable bonds is 5. The average molecular weight is 304 g/mol. The molecule has 8 heteroatoms. The van der Waals surface area contributed by atoms with Gasteiger partial charge < -0.3 is 10.9 Å². The van der Waals surface area contributed by atoms with Crippen molar-refractivity contribution < 1.29 is 13.6 Å². The molecule has 0 aliphatic heterocycles. The first kappa shape index (κ1) is 14.0. The molecule has 6 nitrogen and oxygen atoms in total. The van der Waals surface area contributed by atoms with Crippen LogP contribution in [0, 0.1) is 5.92 Å². The van der Waals surface area contributed by atoms with Gasteiger partial charge in [0.05, 0.1) is 16.5 Å². The Morgan fingerprint density at radius 1 is 1.53 bits per heavy atom. The molecule has 1 saturated carbocycles. The molecule has 0 aromatic heterocycles. The Morgan fingerprint density at radius 3 is 2.79 bits per heavy atom. The molecule has 2 rings (SSSR count). The fraction of sp³-hybridized carbons (Fsp3) is 0.364. The molecule has 0 heterocycles. The number of nitrogens with zero attached hydrogens (tertiary/aromatic N) is 1. The highest BCUT2D eigenvalue weighted by Gasteiger charge is 2.28. The summed E-state index contributed by atoms with van der Waals surface area (Å²) in [5, 5.41) is 11.7. The van der Waals surface area contributed by atoms with Crippen molar-refractivity contribution in [2.45, 2.75) is 12.8 Å². The summed E-state index contributed by atoms with van der Waals surface area (Å²) >= 11 is 5.93. The van der Waals surface area contributed by atoms with E-state index in [1.807, 2.05) is 0 Å². The molecule has 0 saturated heterocycles. The number of amidine groups is 1. The van der Waals surface area contributed by atoms with Crippen molar-refractivity contribution in [2.75, 3.05) is 10.5 Å². The summed E-state index contributed by atoms with van der Waals surface area (Å²) in [5.74, 6) is 0.222. The Labute approximate surface area is 116 Å². The zero-order chi connectivity index (χ0) is 14.0. The van der Waals surface area contributed by atoms with Gasteiger partial charge >= 0.3 is 0 Å². The van der Waals surface area contributed by atoms with Crippen LogP contribution in [0.3, 0.4) is 0 Å². The summed E-state index contributed by atoms with van der Waals surface area (Å²) in [5.41, 5.74) is 6.06. The second-order valence-corrected chi connectivity index (χ2v) is 6.68. The largest absolute Gasteiger partial charge is 0.409 e. The van der Waals surface area contributed by atoms with Gasteiger partial charge in [-0.3, -0.25) is 4.72 Å². The van der Waals surface area contributed by atoms with Crippen molar-refractivity contribution in [3.63, 3.8) is 0 Å². The van der Waals surface area contributed by atoms with E-state index >= 15 is 0 Å². The molecule has 0 atom stereocenters. The van der Waals surface area contributed by atoms with E-state index in [9.17, 15) is 8.42 Å². The van der Waals surface area contributed by atoms with E-state index < -0.39 is 10.0 Å². The number of halogens is 1. The topological polar surface area (TPSA) is 105 Å². The zero-order valence-electron chi connectivity index (χ0n) is 10.0. The van der Waals surface area contributed by atoms with E-state index in [-0.39, 0.29) is 28.2 Å². The minimum Gasteiger partial charge on any atom is -0.409 e. The molecule has 0 bridgehead atoms. The zero-order valence-corrected chi connectivity index (χ0v) is 11.6. The van der Waals surface area contributed by atoms with Gasteiger partial charge in [-0.15, -0.1) is 0 Å². The van der Waals surface area contributed by atoms with E-state index in [0.29, 0.717) is 5.56 Å². The molecule has 19 heavy (non-hydrogen) atoms. The summed E-state index contributed by atoms with van der Waals surface area (Å²) < 4.78 is 26.2. The lowest BCUT2D eigenvalue weighted by Crippen LogP contribution is -2.19.